The second kappa shape index (κ2) is 4.38. The molecule has 1 saturated heterocycles. The molecule has 0 aromatic carbocycles. The molecule has 3 heteroatoms. The monoisotopic (exact) mass is 244 g/mol. The topological polar surface area (TPSA) is 33.2 Å². The van der Waals surface area contributed by atoms with E-state index in [1.165, 1.54) is 16.8 Å². The lowest BCUT2D eigenvalue weighted by molar-refractivity contribution is -0.129. The van der Waals surface area contributed by atoms with Crippen molar-refractivity contribution in [2.75, 3.05) is 6.54 Å². The third-order valence-corrected chi connectivity index (χ3v) is 4.52. The van der Waals surface area contributed by atoms with Crippen molar-refractivity contribution in [1.29, 1.82) is 0 Å². The molecule has 2 atom stereocenters. The molecule has 3 rings (SSSR count). The molecule has 1 fully saturated rings. The van der Waals surface area contributed by atoms with E-state index in [4.69, 9.17) is 0 Å². The molecule has 3 heterocycles. The molecule has 0 spiro atoms. The summed E-state index contributed by atoms with van der Waals surface area (Å²) < 4.78 is 0. The Morgan fingerprint density at radius 2 is 2.33 bits per heavy atom. The molecule has 0 N–H and O–H groups in total. The van der Waals surface area contributed by atoms with Gasteiger partial charge in [0.25, 0.3) is 0 Å². The van der Waals surface area contributed by atoms with Crippen LogP contribution in [0.2, 0.25) is 0 Å². The molecular weight excluding hydrogens is 224 g/mol. The second-order valence-corrected chi connectivity index (χ2v) is 5.46. The van der Waals surface area contributed by atoms with Gasteiger partial charge in [-0.05, 0) is 42.4 Å². The molecular formula is C15H20N2O. The van der Waals surface area contributed by atoms with Crippen LogP contribution in [0.3, 0.4) is 0 Å². The first-order valence-electron chi connectivity index (χ1n) is 6.99. The largest absolute Gasteiger partial charge is 0.334 e. The number of fused-ring (bicyclic) bond motifs is 3. The number of hydrogen-bond donors (Lipinski definition) is 0. The summed E-state index contributed by atoms with van der Waals surface area (Å²) in [6.07, 6.45) is 5.70. The van der Waals surface area contributed by atoms with Gasteiger partial charge in [-0.1, -0.05) is 13.8 Å². The van der Waals surface area contributed by atoms with E-state index >= 15 is 0 Å². The molecule has 0 saturated carbocycles. The van der Waals surface area contributed by atoms with Gasteiger partial charge < -0.3 is 4.90 Å². The molecule has 1 amide bonds. The van der Waals surface area contributed by atoms with Crippen molar-refractivity contribution < 1.29 is 4.79 Å². The number of nitrogens with zero attached hydrogens (tertiary/aromatic N) is 2. The summed E-state index contributed by atoms with van der Waals surface area (Å²) in [7, 11) is 0. The fraction of sp³-hybridized carbons (Fsp3) is 0.600. The van der Waals surface area contributed by atoms with Crippen LogP contribution < -0.4 is 0 Å². The van der Waals surface area contributed by atoms with Crippen LogP contribution in [0.5, 0.6) is 0 Å². The number of amides is 1. The van der Waals surface area contributed by atoms with E-state index in [0.29, 0.717) is 18.2 Å². The predicted molar refractivity (Wildman–Crippen MR) is 70.3 cm³/mol. The van der Waals surface area contributed by atoms with Gasteiger partial charge in [-0.3, -0.25) is 9.78 Å². The smallest absolute Gasteiger partial charge is 0.223 e. The van der Waals surface area contributed by atoms with Crippen LogP contribution in [-0.2, 0) is 11.2 Å². The van der Waals surface area contributed by atoms with E-state index in [2.05, 4.69) is 24.9 Å². The van der Waals surface area contributed by atoms with Crippen molar-refractivity contribution in [3.63, 3.8) is 0 Å². The van der Waals surface area contributed by atoms with E-state index in [0.717, 1.165) is 25.8 Å². The number of hydrogen-bond acceptors (Lipinski definition) is 2. The zero-order chi connectivity index (χ0) is 12.7. The highest BCUT2D eigenvalue weighted by Crippen LogP contribution is 2.39. The highest BCUT2D eigenvalue weighted by Gasteiger charge is 2.37. The van der Waals surface area contributed by atoms with E-state index in [1.54, 1.807) is 0 Å². The van der Waals surface area contributed by atoms with Crippen molar-refractivity contribution in [2.24, 2.45) is 0 Å². The standard InChI is InChI=1S/C15H20N2O/c1-3-10(2)11-6-8-16-15-12(11)7-9-17-13(15)4-5-14(17)18/h6,8,10,13H,3-5,7,9H2,1-2H3. The summed E-state index contributed by atoms with van der Waals surface area (Å²) in [5.74, 6) is 0.895. The number of carbonyl (C=O) groups is 1. The zero-order valence-electron chi connectivity index (χ0n) is 11.1. The maximum atomic E-state index is 11.8. The van der Waals surface area contributed by atoms with Crippen LogP contribution in [-0.4, -0.2) is 22.3 Å². The van der Waals surface area contributed by atoms with Gasteiger partial charge in [-0.25, -0.2) is 0 Å². The van der Waals surface area contributed by atoms with Crippen molar-refractivity contribution in [3.8, 4) is 0 Å². The number of aromatic nitrogens is 1. The number of carbonyl (C=O) groups excluding carboxylic acids is 1. The Kier molecular flexibility index (Phi) is 2.84. The zero-order valence-corrected chi connectivity index (χ0v) is 11.1. The van der Waals surface area contributed by atoms with Crippen molar-refractivity contribution in [1.82, 2.24) is 9.88 Å². The Morgan fingerprint density at radius 3 is 3.11 bits per heavy atom. The fourth-order valence-electron chi connectivity index (χ4n) is 3.30. The molecule has 96 valence electrons. The molecule has 1 aromatic heterocycles. The van der Waals surface area contributed by atoms with Crippen LogP contribution in [0.1, 0.15) is 61.9 Å². The Morgan fingerprint density at radius 1 is 1.50 bits per heavy atom. The van der Waals surface area contributed by atoms with E-state index in [9.17, 15) is 4.79 Å². The van der Waals surface area contributed by atoms with Crippen LogP contribution >= 0.6 is 0 Å². The average Bonchev–Trinajstić information content (AvgIpc) is 2.79. The van der Waals surface area contributed by atoms with E-state index in [-0.39, 0.29) is 6.04 Å². The first-order chi connectivity index (χ1) is 8.72. The summed E-state index contributed by atoms with van der Waals surface area (Å²) in [6.45, 7) is 5.39. The quantitative estimate of drug-likeness (QED) is 0.801. The van der Waals surface area contributed by atoms with Crippen LogP contribution in [0.25, 0.3) is 0 Å². The van der Waals surface area contributed by atoms with Gasteiger partial charge in [0.05, 0.1) is 11.7 Å². The lowest BCUT2D eigenvalue weighted by atomic mass is 9.87. The lowest BCUT2D eigenvalue weighted by Crippen LogP contribution is -2.35. The molecule has 2 aliphatic rings. The van der Waals surface area contributed by atoms with Crippen LogP contribution in [0, 0.1) is 0 Å². The van der Waals surface area contributed by atoms with Gasteiger partial charge in [0.1, 0.15) is 0 Å². The lowest BCUT2D eigenvalue weighted by Gasteiger charge is -2.33. The SMILES string of the molecule is CCC(C)c1ccnc2c1CCN1C(=O)CCC21. The van der Waals surface area contributed by atoms with Gasteiger partial charge in [0.2, 0.25) is 5.91 Å². The summed E-state index contributed by atoms with van der Waals surface area (Å²) in [5.41, 5.74) is 4.04. The molecule has 3 nitrogen and oxygen atoms in total. The predicted octanol–water partition coefficient (Wildman–Crippen LogP) is 2.81. The van der Waals surface area contributed by atoms with E-state index in [1.807, 2.05) is 11.1 Å². The molecule has 2 aliphatic heterocycles. The Bertz CT molecular complexity index is 483. The van der Waals surface area contributed by atoms with Crippen LogP contribution in [0.4, 0.5) is 0 Å². The van der Waals surface area contributed by atoms with Gasteiger partial charge in [0.15, 0.2) is 0 Å². The van der Waals surface area contributed by atoms with Gasteiger partial charge in [0, 0.05) is 19.2 Å². The average molecular weight is 244 g/mol. The minimum absolute atomic E-state index is 0.255. The molecule has 18 heavy (non-hydrogen) atoms. The fourth-order valence-corrected chi connectivity index (χ4v) is 3.30. The minimum atomic E-state index is 0.255. The van der Waals surface area contributed by atoms with Gasteiger partial charge in [-0.2, -0.15) is 0 Å². The van der Waals surface area contributed by atoms with Gasteiger partial charge >= 0.3 is 0 Å². The van der Waals surface area contributed by atoms with Crippen molar-refractivity contribution in [3.05, 3.63) is 29.1 Å². The molecule has 0 radical (unpaired) electrons. The summed E-state index contributed by atoms with van der Waals surface area (Å²) >= 11 is 0. The molecule has 0 aliphatic carbocycles. The first kappa shape index (κ1) is 11.7. The normalized spacial score (nSPS) is 23.8. The Labute approximate surface area is 108 Å². The molecule has 0 bridgehead atoms. The van der Waals surface area contributed by atoms with Crippen molar-refractivity contribution in [2.45, 2.75) is 51.5 Å². The highest BCUT2D eigenvalue weighted by molar-refractivity contribution is 5.79. The van der Waals surface area contributed by atoms with E-state index < -0.39 is 0 Å². The molecule has 1 aromatic rings. The highest BCUT2D eigenvalue weighted by atomic mass is 16.2. The first-order valence-corrected chi connectivity index (χ1v) is 6.99. The van der Waals surface area contributed by atoms with Crippen molar-refractivity contribution >= 4 is 5.91 Å². The second-order valence-electron chi connectivity index (χ2n) is 5.46. The third-order valence-electron chi connectivity index (χ3n) is 4.52. The Balaban J connectivity index is 2.04. The number of rotatable bonds is 2. The summed E-state index contributed by atoms with van der Waals surface area (Å²) in [5, 5.41) is 0. The maximum absolute atomic E-state index is 11.8. The van der Waals surface area contributed by atoms with Crippen LogP contribution in [0.15, 0.2) is 12.3 Å². The summed E-state index contributed by atoms with van der Waals surface area (Å²) in [6, 6.07) is 2.42. The third kappa shape index (κ3) is 1.64. The molecule has 2 unspecified atom stereocenters. The number of pyridine rings is 1. The summed E-state index contributed by atoms with van der Waals surface area (Å²) in [4.78, 5) is 18.4. The Hall–Kier alpha value is -1.38. The minimum Gasteiger partial charge on any atom is -0.334 e. The maximum Gasteiger partial charge on any atom is 0.223 e. The van der Waals surface area contributed by atoms with Gasteiger partial charge in [-0.15, -0.1) is 0 Å².